The third-order valence-corrected chi connectivity index (χ3v) is 4.36. The predicted molar refractivity (Wildman–Crippen MR) is 80.6 cm³/mol. The molecule has 0 atom stereocenters. The average Bonchev–Trinajstić information content (AvgIpc) is 3.00. The summed E-state index contributed by atoms with van der Waals surface area (Å²) in [6, 6.07) is 5.64. The number of nitrogens with zero attached hydrogens (tertiary/aromatic N) is 1. The van der Waals surface area contributed by atoms with Crippen LogP contribution in [0.2, 0.25) is 5.02 Å². The topological polar surface area (TPSA) is 46.3 Å². The summed E-state index contributed by atoms with van der Waals surface area (Å²) >= 11 is 11.0. The Hall–Kier alpha value is -1.13. The molecule has 0 aromatic heterocycles. The van der Waals surface area contributed by atoms with E-state index in [1.807, 2.05) is 23.1 Å². The van der Waals surface area contributed by atoms with Crippen molar-refractivity contribution in [2.75, 3.05) is 11.4 Å². The summed E-state index contributed by atoms with van der Waals surface area (Å²) in [4.78, 5) is 14.5. The van der Waals surface area contributed by atoms with Gasteiger partial charge in [0.25, 0.3) is 0 Å². The van der Waals surface area contributed by atoms with Crippen LogP contribution in [-0.4, -0.2) is 17.4 Å². The van der Waals surface area contributed by atoms with Crippen molar-refractivity contribution in [3.63, 3.8) is 0 Å². The minimum Gasteiger partial charge on any atom is -0.393 e. The average molecular weight is 295 g/mol. The predicted octanol–water partition coefficient (Wildman–Crippen LogP) is 2.69. The van der Waals surface area contributed by atoms with Crippen LogP contribution in [0.3, 0.4) is 0 Å². The van der Waals surface area contributed by atoms with Gasteiger partial charge in [-0.2, -0.15) is 0 Å². The molecule has 0 spiro atoms. The molecule has 0 bridgehead atoms. The van der Waals surface area contributed by atoms with Crippen LogP contribution in [0.5, 0.6) is 0 Å². The van der Waals surface area contributed by atoms with E-state index < -0.39 is 0 Å². The van der Waals surface area contributed by atoms with E-state index in [0.717, 1.165) is 30.5 Å². The molecule has 3 rings (SSSR count). The third kappa shape index (κ3) is 2.47. The summed E-state index contributed by atoms with van der Waals surface area (Å²) in [6.45, 7) is 0.705. The number of halogens is 1. The lowest BCUT2D eigenvalue weighted by atomic mass is 10.0. The fraction of sp³-hybridized carbons (Fsp3) is 0.429. The van der Waals surface area contributed by atoms with Crippen molar-refractivity contribution in [3.05, 3.63) is 28.8 Å². The van der Waals surface area contributed by atoms with Crippen LogP contribution < -0.4 is 10.6 Å². The highest BCUT2D eigenvalue weighted by Gasteiger charge is 2.46. The normalized spacial score (nSPS) is 19.4. The molecule has 1 aromatic rings. The van der Waals surface area contributed by atoms with Crippen molar-refractivity contribution in [2.24, 2.45) is 11.1 Å². The van der Waals surface area contributed by atoms with E-state index in [9.17, 15) is 4.79 Å². The first-order valence-corrected chi connectivity index (χ1v) is 7.15. The molecule has 1 fully saturated rings. The zero-order chi connectivity index (χ0) is 13.6. The number of benzene rings is 1. The number of carbonyl (C=O) groups is 1. The summed E-state index contributed by atoms with van der Waals surface area (Å²) in [7, 11) is 0. The Balaban J connectivity index is 1.84. The molecule has 1 aliphatic carbocycles. The van der Waals surface area contributed by atoms with Gasteiger partial charge in [0.1, 0.15) is 0 Å². The molecule has 100 valence electrons. The molecule has 1 amide bonds. The molecule has 19 heavy (non-hydrogen) atoms. The number of hydrogen-bond acceptors (Lipinski definition) is 2. The maximum Gasteiger partial charge on any atom is 0.231 e. The van der Waals surface area contributed by atoms with E-state index in [2.05, 4.69) is 0 Å². The first kappa shape index (κ1) is 12.9. The van der Waals surface area contributed by atoms with E-state index in [1.54, 1.807) is 0 Å². The van der Waals surface area contributed by atoms with Crippen LogP contribution in [-0.2, 0) is 11.2 Å². The number of thiocarbonyl (C=S) groups is 1. The second-order valence-corrected chi connectivity index (χ2v) is 6.53. The van der Waals surface area contributed by atoms with Gasteiger partial charge < -0.3 is 10.6 Å². The van der Waals surface area contributed by atoms with E-state index in [1.165, 1.54) is 0 Å². The maximum absolute atomic E-state index is 12.2. The zero-order valence-corrected chi connectivity index (χ0v) is 12.1. The Bertz CT molecular complexity index is 569. The molecule has 5 heteroatoms. The van der Waals surface area contributed by atoms with E-state index in [0.29, 0.717) is 23.0 Å². The number of hydrogen-bond donors (Lipinski definition) is 1. The Labute approximate surface area is 122 Å². The van der Waals surface area contributed by atoms with Crippen LogP contribution in [0.25, 0.3) is 0 Å². The molecule has 2 N–H and O–H groups in total. The highest BCUT2D eigenvalue weighted by molar-refractivity contribution is 7.80. The largest absolute Gasteiger partial charge is 0.393 e. The molecule has 0 radical (unpaired) electrons. The molecular formula is C14H15ClN2OS. The molecule has 2 aliphatic rings. The van der Waals surface area contributed by atoms with Gasteiger partial charge in [-0.05, 0) is 36.0 Å². The van der Waals surface area contributed by atoms with Gasteiger partial charge in [0.2, 0.25) is 5.91 Å². The van der Waals surface area contributed by atoms with Gasteiger partial charge in [-0.3, -0.25) is 4.79 Å². The minimum absolute atomic E-state index is 0.103. The van der Waals surface area contributed by atoms with Gasteiger partial charge in [0.05, 0.1) is 11.4 Å². The van der Waals surface area contributed by atoms with Gasteiger partial charge in [0, 0.05) is 23.7 Å². The summed E-state index contributed by atoms with van der Waals surface area (Å²) in [6.07, 6.45) is 3.37. The van der Waals surface area contributed by atoms with Gasteiger partial charge in [0.15, 0.2) is 0 Å². The van der Waals surface area contributed by atoms with Crippen molar-refractivity contribution >= 4 is 40.4 Å². The Morgan fingerprint density at radius 1 is 1.47 bits per heavy atom. The fourth-order valence-electron chi connectivity index (χ4n) is 2.78. The van der Waals surface area contributed by atoms with Gasteiger partial charge >= 0.3 is 0 Å². The summed E-state index contributed by atoms with van der Waals surface area (Å²) < 4.78 is 0. The molecule has 1 heterocycles. The quantitative estimate of drug-likeness (QED) is 0.869. The van der Waals surface area contributed by atoms with Crippen molar-refractivity contribution in [2.45, 2.75) is 25.7 Å². The lowest BCUT2D eigenvalue weighted by Gasteiger charge is -2.24. The van der Waals surface area contributed by atoms with E-state index in [-0.39, 0.29) is 11.3 Å². The molecule has 3 nitrogen and oxygen atoms in total. The lowest BCUT2D eigenvalue weighted by Crippen LogP contribution is -2.34. The van der Waals surface area contributed by atoms with Gasteiger partial charge in [-0.25, -0.2) is 0 Å². The van der Waals surface area contributed by atoms with E-state index >= 15 is 0 Å². The van der Waals surface area contributed by atoms with Gasteiger partial charge in [-0.15, -0.1) is 0 Å². The highest BCUT2D eigenvalue weighted by atomic mass is 35.5. The number of anilines is 1. The number of carbonyl (C=O) groups excluding carboxylic acids is 1. The Kier molecular flexibility index (Phi) is 3.02. The van der Waals surface area contributed by atoms with Crippen molar-refractivity contribution in [1.82, 2.24) is 0 Å². The second kappa shape index (κ2) is 4.46. The van der Waals surface area contributed by atoms with Crippen molar-refractivity contribution in [3.8, 4) is 0 Å². The Morgan fingerprint density at radius 3 is 2.84 bits per heavy atom. The lowest BCUT2D eigenvalue weighted by molar-refractivity contribution is -0.117. The van der Waals surface area contributed by atoms with Crippen LogP contribution in [0.15, 0.2) is 18.2 Å². The number of fused-ring (bicyclic) bond motifs is 1. The molecule has 0 saturated heterocycles. The molecule has 1 saturated carbocycles. The van der Waals surface area contributed by atoms with Crippen LogP contribution >= 0.6 is 23.8 Å². The molecular weight excluding hydrogens is 280 g/mol. The summed E-state index contributed by atoms with van der Waals surface area (Å²) in [5, 5.41) is 0.664. The first-order chi connectivity index (χ1) is 8.99. The fourth-order valence-corrected chi connectivity index (χ4v) is 3.25. The highest BCUT2D eigenvalue weighted by Crippen LogP contribution is 2.50. The van der Waals surface area contributed by atoms with Crippen LogP contribution in [0.1, 0.15) is 24.8 Å². The monoisotopic (exact) mass is 294 g/mol. The smallest absolute Gasteiger partial charge is 0.231 e. The molecule has 1 aliphatic heterocycles. The Morgan fingerprint density at radius 2 is 2.21 bits per heavy atom. The van der Waals surface area contributed by atoms with E-state index in [4.69, 9.17) is 29.6 Å². The minimum atomic E-state index is 0.103. The third-order valence-electron chi connectivity index (χ3n) is 3.98. The van der Waals surface area contributed by atoms with Crippen molar-refractivity contribution in [1.29, 1.82) is 0 Å². The summed E-state index contributed by atoms with van der Waals surface area (Å²) in [5.41, 5.74) is 7.76. The standard InChI is InChI=1S/C14H15ClN2OS/c15-10-2-1-9-5-13(18)17(11(9)6-10)8-14(3-4-14)7-12(16)19/h1-2,6H,3-5,7-8H2,(H2,16,19). The zero-order valence-electron chi connectivity index (χ0n) is 10.5. The SMILES string of the molecule is NC(=S)CC1(CN2C(=O)Cc3ccc(Cl)cc32)CC1. The molecule has 1 aromatic carbocycles. The van der Waals surface area contributed by atoms with Crippen LogP contribution in [0.4, 0.5) is 5.69 Å². The van der Waals surface area contributed by atoms with Gasteiger partial charge in [-0.1, -0.05) is 29.9 Å². The number of rotatable bonds is 4. The number of nitrogens with two attached hydrogens (primary N) is 1. The second-order valence-electron chi connectivity index (χ2n) is 5.57. The maximum atomic E-state index is 12.2. The molecule has 0 unspecified atom stereocenters. The summed E-state index contributed by atoms with van der Waals surface area (Å²) in [5.74, 6) is 0.145. The first-order valence-electron chi connectivity index (χ1n) is 6.36. The van der Waals surface area contributed by atoms with Crippen LogP contribution in [0, 0.1) is 5.41 Å². The number of amides is 1. The van der Waals surface area contributed by atoms with Crippen molar-refractivity contribution < 1.29 is 4.79 Å².